The van der Waals surface area contributed by atoms with Crippen molar-refractivity contribution in [2.24, 2.45) is 5.73 Å². The zero-order chi connectivity index (χ0) is 13.8. The smallest absolute Gasteiger partial charge is 0.255 e. The first-order valence-electron chi connectivity index (χ1n) is 6.63. The van der Waals surface area contributed by atoms with Crippen molar-refractivity contribution in [1.29, 1.82) is 0 Å². The van der Waals surface area contributed by atoms with Crippen LogP contribution >= 0.6 is 0 Å². The van der Waals surface area contributed by atoms with Gasteiger partial charge < -0.3 is 10.3 Å². The molecule has 0 unspecified atom stereocenters. The second-order valence-corrected chi connectivity index (χ2v) is 4.77. The molecule has 0 atom stereocenters. The third-order valence-corrected chi connectivity index (χ3v) is 3.46. The van der Waals surface area contributed by atoms with Crippen LogP contribution in [0.15, 0.2) is 41.2 Å². The van der Waals surface area contributed by atoms with Gasteiger partial charge in [0.1, 0.15) is 0 Å². The Balaban J connectivity index is 2.34. The van der Waals surface area contributed by atoms with Gasteiger partial charge in [-0.3, -0.25) is 4.79 Å². The van der Waals surface area contributed by atoms with Crippen LogP contribution in [0, 0.1) is 6.92 Å². The molecule has 1 aromatic carbocycles. The summed E-state index contributed by atoms with van der Waals surface area (Å²) < 4.78 is 1.78. The lowest BCUT2D eigenvalue weighted by molar-refractivity contribution is 0.716. The molecule has 2 N–H and O–H groups in total. The molecule has 0 fully saturated rings. The van der Waals surface area contributed by atoms with Gasteiger partial charge >= 0.3 is 0 Å². The highest BCUT2D eigenvalue weighted by Crippen LogP contribution is 2.08. The Labute approximate surface area is 113 Å². The lowest BCUT2D eigenvalue weighted by atomic mass is 10.1. The lowest BCUT2D eigenvalue weighted by Crippen LogP contribution is -2.27. The molecule has 3 heteroatoms. The van der Waals surface area contributed by atoms with Crippen molar-refractivity contribution in [2.75, 3.05) is 0 Å². The summed E-state index contributed by atoms with van der Waals surface area (Å²) >= 11 is 0. The van der Waals surface area contributed by atoms with Crippen LogP contribution in [0.5, 0.6) is 0 Å². The molecule has 1 heterocycles. The third-order valence-electron chi connectivity index (χ3n) is 3.46. The lowest BCUT2D eigenvalue weighted by Gasteiger charge is -2.12. The molecule has 0 aliphatic rings. The number of nitrogens with two attached hydrogens (primary N) is 1. The van der Waals surface area contributed by atoms with Gasteiger partial charge in [0, 0.05) is 17.8 Å². The van der Waals surface area contributed by atoms with Crippen molar-refractivity contribution in [1.82, 2.24) is 4.57 Å². The molecule has 3 nitrogen and oxygen atoms in total. The second kappa shape index (κ2) is 5.85. The highest BCUT2D eigenvalue weighted by atomic mass is 16.1. The maximum absolute atomic E-state index is 12.2. The highest BCUT2D eigenvalue weighted by Gasteiger charge is 2.05. The molecule has 0 aliphatic heterocycles. The summed E-state index contributed by atoms with van der Waals surface area (Å²) in [6.07, 6.45) is 1.03. The molecule has 2 rings (SSSR count). The quantitative estimate of drug-likeness (QED) is 0.912. The zero-order valence-electron chi connectivity index (χ0n) is 11.5. The van der Waals surface area contributed by atoms with Crippen molar-refractivity contribution in [3.63, 3.8) is 0 Å². The number of aromatic nitrogens is 1. The molecule has 2 aromatic rings. The summed E-state index contributed by atoms with van der Waals surface area (Å²) in [5.74, 6) is 0. The number of hydrogen-bond donors (Lipinski definition) is 1. The van der Waals surface area contributed by atoms with E-state index in [4.69, 9.17) is 5.73 Å². The Morgan fingerprint density at radius 2 is 1.68 bits per heavy atom. The van der Waals surface area contributed by atoms with Crippen molar-refractivity contribution in [2.45, 2.75) is 33.4 Å². The molecule has 1 aromatic heterocycles. The molecule has 0 bridgehead atoms. The molecular formula is C16H20N2O. The molecule has 19 heavy (non-hydrogen) atoms. The van der Waals surface area contributed by atoms with Gasteiger partial charge in [-0.05, 0) is 30.5 Å². The van der Waals surface area contributed by atoms with Gasteiger partial charge in [-0.2, -0.15) is 0 Å². The van der Waals surface area contributed by atoms with E-state index < -0.39 is 0 Å². The fraction of sp³-hybridized carbons (Fsp3) is 0.312. The summed E-state index contributed by atoms with van der Waals surface area (Å²) in [6.45, 7) is 4.97. The van der Waals surface area contributed by atoms with E-state index in [-0.39, 0.29) is 12.1 Å². The molecule has 0 saturated heterocycles. The van der Waals surface area contributed by atoms with Gasteiger partial charge in [-0.25, -0.2) is 0 Å². The third kappa shape index (κ3) is 2.93. The molecule has 0 radical (unpaired) electrons. The van der Waals surface area contributed by atoms with E-state index in [1.54, 1.807) is 4.57 Å². The Morgan fingerprint density at radius 3 is 2.26 bits per heavy atom. The summed E-state index contributed by atoms with van der Waals surface area (Å²) in [7, 11) is 0. The van der Waals surface area contributed by atoms with Crippen molar-refractivity contribution >= 4 is 0 Å². The van der Waals surface area contributed by atoms with E-state index in [1.165, 1.54) is 5.56 Å². The van der Waals surface area contributed by atoms with E-state index in [0.717, 1.165) is 17.7 Å². The standard InChI is InChI=1S/C16H20N2O/c1-3-13-5-7-14(8-6-13)11-18-12(2)4-9-15(10-17)16(18)19/h4-9H,3,10-11,17H2,1-2H3. The molecule has 100 valence electrons. The van der Waals surface area contributed by atoms with Crippen molar-refractivity contribution in [3.8, 4) is 0 Å². The first-order chi connectivity index (χ1) is 9.15. The fourth-order valence-corrected chi connectivity index (χ4v) is 2.13. The van der Waals surface area contributed by atoms with Gasteiger partial charge in [-0.15, -0.1) is 0 Å². The minimum atomic E-state index is 0.0158. The molecule has 0 spiro atoms. The Hall–Kier alpha value is -1.87. The number of aryl methyl sites for hydroxylation is 2. The second-order valence-electron chi connectivity index (χ2n) is 4.77. The highest BCUT2D eigenvalue weighted by molar-refractivity contribution is 5.24. The zero-order valence-corrected chi connectivity index (χ0v) is 11.5. The summed E-state index contributed by atoms with van der Waals surface area (Å²) in [6, 6.07) is 12.2. The van der Waals surface area contributed by atoms with Gasteiger partial charge in [-0.1, -0.05) is 37.3 Å². The van der Waals surface area contributed by atoms with E-state index in [1.807, 2.05) is 19.1 Å². The summed E-state index contributed by atoms with van der Waals surface area (Å²) in [5, 5.41) is 0. The number of nitrogens with zero attached hydrogens (tertiary/aromatic N) is 1. The monoisotopic (exact) mass is 256 g/mol. The Kier molecular flexibility index (Phi) is 4.17. The number of hydrogen-bond acceptors (Lipinski definition) is 2. The van der Waals surface area contributed by atoms with Crippen LogP contribution in [0.25, 0.3) is 0 Å². The topological polar surface area (TPSA) is 48.0 Å². The van der Waals surface area contributed by atoms with E-state index in [0.29, 0.717) is 12.1 Å². The van der Waals surface area contributed by atoms with Crippen LogP contribution in [0.2, 0.25) is 0 Å². The van der Waals surface area contributed by atoms with Crippen LogP contribution in [0.4, 0.5) is 0 Å². The number of pyridine rings is 1. The van der Waals surface area contributed by atoms with Crippen LogP contribution in [0.1, 0.15) is 29.3 Å². The van der Waals surface area contributed by atoms with Crippen LogP contribution in [0.3, 0.4) is 0 Å². The Morgan fingerprint density at radius 1 is 1.05 bits per heavy atom. The van der Waals surface area contributed by atoms with Gasteiger partial charge in [0.25, 0.3) is 5.56 Å². The largest absolute Gasteiger partial charge is 0.326 e. The van der Waals surface area contributed by atoms with Crippen molar-refractivity contribution in [3.05, 3.63) is 69.1 Å². The van der Waals surface area contributed by atoms with Crippen LogP contribution in [-0.2, 0) is 19.5 Å². The molecule has 0 saturated carbocycles. The van der Waals surface area contributed by atoms with Gasteiger partial charge in [0.05, 0.1) is 6.54 Å². The first-order valence-corrected chi connectivity index (χ1v) is 6.63. The summed E-state index contributed by atoms with van der Waals surface area (Å²) in [5.41, 5.74) is 9.67. The molecule has 0 amide bonds. The average molecular weight is 256 g/mol. The normalized spacial score (nSPS) is 10.7. The maximum atomic E-state index is 12.2. The molecular weight excluding hydrogens is 236 g/mol. The minimum absolute atomic E-state index is 0.0158. The van der Waals surface area contributed by atoms with Gasteiger partial charge in [0.2, 0.25) is 0 Å². The fourth-order valence-electron chi connectivity index (χ4n) is 2.13. The van der Waals surface area contributed by atoms with E-state index >= 15 is 0 Å². The maximum Gasteiger partial charge on any atom is 0.255 e. The van der Waals surface area contributed by atoms with Crippen LogP contribution in [-0.4, -0.2) is 4.57 Å². The predicted molar refractivity (Wildman–Crippen MR) is 78.3 cm³/mol. The van der Waals surface area contributed by atoms with E-state index in [9.17, 15) is 4.79 Å². The Bertz CT molecular complexity index is 612. The predicted octanol–water partition coefficient (Wildman–Crippen LogP) is 2.23. The van der Waals surface area contributed by atoms with Gasteiger partial charge in [0.15, 0.2) is 0 Å². The SMILES string of the molecule is CCc1ccc(Cn2c(C)ccc(CN)c2=O)cc1. The van der Waals surface area contributed by atoms with Crippen molar-refractivity contribution < 1.29 is 0 Å². The minimum Gasteiger partial charge on any atom is -0.326 e. The first kappa shape index (κ1) is 13.6. The summed E-state index contributed by atoms with van der Waals surface area (Å²) in [4.78, 5) is 12.2. The van der Waals surface area contributed by atoms with E-state index in [2.05, 4.69) is 31.2 Å². The average Bonchev–Trinajstić information content (AvgIpc) is 2.44. The number of benzene rings is 1. The molecule has 0 aliphatic carbocycles. The number of rotatable bonds is 4. The van der Waals surface area contributed by atoms with Crippen LogP contribution < -0.4 is 11.3 Å².